The minimum atomic E-state index is -4.97. The van der Waals surface area contributed by atoms with Crippen LogP contribution in [0.15, 0.2) is 0 Å². The molecule has 0 aromatic carbocycles. The Bertz CT molecular complexity index is 2040. The smallest absolute Gasteiger partial charge is 0.462 e. The summed E-state index contributed by atoms with van der Waals surface area (Å²) in [6, 6.07) is 0. The van der Waals surface area contributed by atoms with Gasteiger partial charge in [-0.25, -0.2) is 9.13 Å². The monoisotopic (exact) mass is 1540 g/mol. The molecular formula is C86H168O17P2. The van der Waals surface area contributed by atoms with E-state index in [1.165, 1.54) is 244 Å². The van der Waals surface area contributed by atoms with E-state index in [0.29, 0.717) is 31.6 Å². The highest BCUT2D eigenvalue weighted by Crippen LogP contribution is 2.45. The summed E-state index contributed by atoms with van der Waals surface area (Å²) in [7, 11) is -9.93. The van der Waals surface area contributed by atoms with E-state index in [2.05, 4.69) is 55.4 Å². The summed E-state index contributed by atoms with van der Waals surface area (Å²) in [6.45, 7) is 14.3. The summed E-state index contributed by atoms with van der Waals surface area (Å²) in [5.74, 6) is 1.01. The Labute approximate surface area is 645 Å². The third-order valence-corrected chi connectivity index (χ3v) is 22.3. The van der Waals surface area contributed by atoms with Crippen LogP contribution in [0.3, 0.4) is 0 Å². The summed E-state index contributed by atoms with van der Waals surface area (Å²) in [6.07, 6.45) is 64.1. The van der Waals surface area contributed by atoms with Crippen molar-refractivity contribution in [3.8, 4) is 0 Å². The Hall–Kier alpha value is -1.94. The molecule has 0 saturated heterocycles. The molecule has 0 bridgehead atoms. The molecule has 105 heavy (non-hydrogen) atoms. The zero-order valence-corrected chi connectivity index (χ0v) is 71.2. The van der Waals surface area contributed by atoms with E-state index in [9.17, 15) is 43.2 Å². The van der Waals surface area contributed by atoms with Crippen LogP contribution in [0.1, 0.15) is 447 Å². The molecule has 17 nitrogen and oxygen atoms in total. The van der Waals surface area contributed by atoms with Crippen molar-refractivity contribution < 1.29 is 80.2 Å². The van der Waals surface area contributed by atoms with Gasteiger partial charge in [0.05, 0.1) is 26.4 Å². The Morgan fingerprint density at radius 1 is 0.267 bits per heavy atom. The summed E-state index contributed by atoms with van der Waals surface area (Å²) in [5, 5.41) is 10.7. The fourth-order valence-corrected chi connectivity index (χ4v) is 14.9. The van der Waals surface area contributed by atoms with Gasteiger partial charge in [0.15, 0.2) is 12.2 Å². The largest absolute Gasteiger partial charge is 0.472 e. The molecule has 0 aliphatic heterocycles. The van der Waals surface area contributed by atoms with E-state index in [1.54, 1.807) is 0 Å². The van der Waals surface area contributed by atoms with Crippen molar-refractivity contribution >= 4 is 39.5 Å². The highest BCUT2D eigenvalue weighted by molar-refractivity contribution is 7.47. The number of unbranched alkanes of at least 4 members (excludes halogenated alkanes) is 48. The van der Waals surface area contributed by atoms with Crippen molar-refractivity contribution in [2.45, 2.75) is 465 Å². The van der Waals surface area contributed by atoms with E-state index in [4.69, 9.17) is 37.0 Å². The molecule has 6 atom stereocenters. The number of hydrogen-bond donors (Lipinski definition) is 3. The predicted molar refractivity (Wildman–Crippen MR) is 432 cm³/mol. The second kappa shape index (κ2) is 74.8. The number of phosphoric acid groups is 2. The molecule has 0 aromatic heterocycles. The maximum atomic E-state index is 13.1. The van der Waals surface area contributed by atoms with Crippen molar-refractivity contribution in [2.24, 2.45) is 23.7 Å². The molecule has 0 fully saturated rings. The molecule has 0 amide bonds. The van der Waals surface area contributed by atoms with E-state index in [1.807, 2.05) is 0 Å². The van der Waals surface area contributed by atoms with Gasteiger partial charge < -0.3 is 33.8 Å². The quantitative estimate of drug-likeness (QED) is 0.0222. The first-order valence-electron chi connectivity index (χ1n) is 44.2. The number of carbonyl (C=O) groups is 4. The van der Waals surface area contributed by atoms with Gasteiger partial charge in [0.25, 0.3) is 0 Å². The first-order valence-corrected chi connectivity index (χ1v) is 47.2. The van der Waals surface area contributed by atoms with Crippen molar-refractivity contribution in [2.75, 3.05) is 39.6 Å². The van der Waals surface area contributed by atoms with Crippen LogP contribution in [0.25, 0.3) is 0 Å². The lowest BCUT2D eigenvalue weighted by Crippen LogP contribution is -2.30. The van der Waals surface area contributed by atoms with Gasteiger partial charge in [-0.1, -0.05) is 396 Å². The summed E-state index contributed by atoms with van der Waals surface area (Å²) in [5.41, 5.74) is 0. The zero-order chi connectivity index (χ0) is 77.4. The molecule has 0 heterocycles. The van der Waals surface area contributed by atoms with Gasteiger partial charge in [-0.3, -0.25) is 37.3 Å². The molecule has 624 valence electrons. The van der Waals surface area contributed by atoms with Crippen LogP contribution in [0.5, 0.6) is 0 Å². The number of aliphatic hydroxyl groups excluding tert-OH is 1. The fourth-order valence-electron chi connectivity index (χ4n) is 13.3. The number of ether oxygens (including phenoxy) is 4. The molecule has 0 rings (SSSR count). The van der Waals surface area contributed by atoms with Crippen LogP contribution >= 0.6 is 15.6 Å². The van der Waals surface area contributed by atoms with Gasteiger partial charge in [0, 0.05) is 25.7 Å². The van der Waals surface area contributed by atoms with Gasteiger partial charge in [-0.2, -0.15) is 0 Å². The lowest BCUT2D eigenvalue weighted by Gasteiger charge is -2.21. The van der Waals surface area contributed by atoms with Crippen molar-refractivity contribution in [1.82, 2.24) is 0 Å². The Morgan fingerprint density at radius 3 is 0.676 bits per heavy atom. The van der Waals surface area contributed by atoms with E-state index in [0.717, 1.165) is 114 Å². The van der Waals surface area contributed by atoms with Crippen molar-refractivity contribution in [1.29, 1.82) is 0 Å². The third-order valence-electron chi connectivity index (χ3n) is 20.4. The highest BCUT2D eigenvalue weighted by atomic mass is 31.2. The molecule has 0 aliphatic carbocycles. The van der Waals surface area contributed by atoms with E-state index >= 15 is 0 Å². The fraction of sp³-hybridized carbons (Fsp3) is 0.953. The van der Waals surface area contributed by atoms with Crippen LogP contribution in [0, 0.1) is 23.7 Å². The minimum Gasteiger partial charge on any atom is -0.462 e. The van der Waals surface area contributed by atoms with Gasteiger partial charge in [-0.05, 0) is 49.4 Å². The number of hydrogen-bond acceptors (Lipinski definition) is 15. The predicted octanol–water partition coefficient (Wildman–Crippen LogP) is 25.9. The Kier molecular flexibility index (Phi) is 73.4. The number of esters is 4. The normalized spacial score (nSPS) is 14.2. The van der Waals surface area contributed by atoms with Crippen LogP contribution in [0.4, 0.5) is 0 Å². The maximum absolute atomic E-state index is 13.1. The maximum Gasteiger partial charge on any atom is 0.472 e. The van der Waals surface area contributed by atoms with Crippen LogP contribution < -0.4 is 0 Å². The number of carbonyl (C=O) groups excluding carboxylic acids is 4. The van der Waals surface area contributed by atoms with Crippen molar-refractivity contribution in [3.63, 3.8) is 0 Å². The molecular weight excluding hydrogens is 1370 g/mol. The SMILES string of the molecule is CCC(C)CCCCCCCCCCCCC(=O)O[C@H](COC(=O)CCCCCCCCC(C)C)COP(=O)(O)OC[C@H](O)COP(=O)(O)OC[C@@H](COC(=O)CCCCCCCCCCCCCCCCCCCCC(C)C)OC(=O)CCCCCCCCCCCCCCCCCCCCC(C)C. The lowest BCUT2D eigenvalue weighted by atomic mass is 9.99. The van der Waals surface area contributed by atoms with Gasteiger partial charge >= 0.3 is 39.5 Å². The van der Waals surface area contributed by atoms with E-state index in [-0.39, 0.29) is 25.7 Å². The second-order valence-electron chi connectivity index (χ2n) is 32.6. The molecule has 0 saturated carbocycles. The molecule has 0 spiro atoms. The average molecular weight is 1540 g/mol. The zero-order valence-electron chi connectivity index (χ0n) is 69.4. The first kappa shape index (κ1) is 103. The van der Waals surface area contributed by atoms with Gasteiger partial charge in [-0.15, -0.1) is 0 Å². The van der Waals surface area contributed by atoms with E-state index < -0.39 is 97.5 Å². The average Bonchev–Trinajstić information content (AvgIpc) is 0.909. The topological polar surface area (TPSA) is 237 Å². The van der Waals surface area contributed by atoms with Gasteiger partial charge in [0.1, 0.15) is 19.3 Å². The molecule has 3 N–H and O–H groups in total. The molecule has 19 heteroatoms. The van der Waals surface area contributed by atoms with Crippen LogP contribution in [-0.4, -0.2) is 96.7 Å². The second-order valence-corrected chi connectivity index (χ2v) is 35.5. The number of phosphoric ester groups is 2. The third kappa shape index (κ3) is 78.5. The Balaban J connectivity index is 5.20. The lowest BCUT2D eigenvalue weighted by molar-refractivity contribution is -0.161. The number of rotatable bonds is 83. The van der Waals surface area contributed by atoms with Crippen molar-refractivity contribution in [3.05, 3.63) is 0 Å². The molecule has 3 unspecified atom stereocenters. The first-order chi connectivity index (χ1) is 50.6. The Morgan fingerprint density at radius 2 is 0.457 bits per heavy atom. The standard InChI is InChI=1S/C86H168O17P2/c1-9-79(8)65-57-49-40-34-30-31-37-43-53-61-69-86(91)103-82(73-97-84(89)67-59-51-45-44-48-56-64-78(6)7)75-101-105(94,95)99-71-80(87)70-98-104(92,93)100-74-81(102-85(90)68-60-52-42-36-29-25-21-17-13-11-15-19-23-27-33-39-47-55-63-77(4)5)72-96-83(88)66-58-50-41-35-28-24-20-16-12-10-14-18-22-26-32-38-46-54-62-76(2)3/h76-82,87H,9-75H2,1-8H3,(H,92,93)(H,94,95)/t79?,80-,81-,82-/m1/s1. The van der Waals surface area contributed by atoms with Crippen LogP contribution in [-0.2, 0) is 65.4 Å². The summed E-state index contributed by atoms with van der Waals surface area (Å²) in [4.78, 5) is 73.1. The number of aliphatic hydroxyl groups is 1. The van der Waals surface area contributed by atoms with Gasteiger partial charge in [0.2, 0.25) is 0 Å². The molecule has 0 aromatic rings. The highest BCUT2D eigenvalue weighted by Gasteiger charge is 2.31. The van der Waals surface area contributed by atoms with Crippen LogP contribution in [0.2, 0.25) is 0 Å². The summed E-state index contributed by atoms with van der Waals surface area (Å²) < 4.78 is 68.8. The minimum absolute atomic E-state index is 0.105. The summed E-state index contributed by atoms with van der Waals surface area (Å²) >= 11 is 0. The molecule has 0 radical (unpaired) electrons. The molecule has 0 aliphatic rings.